The Hall–Kier alpha value is -2.31. The van der Waals surface area contributed by atoms with Crippen molar-refractivity contribution in [1.29, 1.82) is 0 Å². The number of hydrogen-bond acceptors (Lipinski definition) is 4. The second-order valence-electron chi connectivity index (χ2n) is 4.83. The lowest BCUT2D eigenvalue weighted by Gasteiger charge is -2.08. The van der Waals surface area contributed by atoms with E-state index in [9.17, 15) is 14.0 Å². The summed E-state index contributed by atoms with van der Waals surface area (Å²) in [6, 6.07) is 9.85. The summed E-state index contributed by atoms with van der Waals surface area (Å²) in [4.78, 5) is 23.4. The number of benzene rings is 2. The fourth-order valence-electron chi connectivity index (χ4n) is 1.79. The van der Waals surface area contributed by atoms with Crippen LogP contribution in [0.1, 0.15) is 10.4 Å². The van der Waals surface area contributed by atoms with Crippen molar-refractivity contribution >= 4 is 35.1 Å². The van der Waals surface area contributed by atoms with Gasteiger partial charge in [-0.15, -0.1) is 0 Å². The summed E-state index contributed by atoms with van der Waals surface area (Å²) >= 11 is 11.6. The molecule has 2 aromatic carbocycles. The van der Waals surface area contributed by atoms with Crippen molar-refractivity contribution in [2.45, 2.75) is 0 Å². The first kappa shape index (κ1) is 19.0. The largest absolute Gasteiger partial charge is 0.490 e. The molecular weight excluding hydrogens is 372 g/mol. The molecule has 0 atom stereocenters. The molecule has 5 nitrogen and oxygen atoms in total. The summed E-state index contributed by atoms with van der Waals surface area (Å²) < 4.78 is 22.9. The summed E-state index contributed by atoms with van der Waals surface area (Å²) in [7, 11) is 0. The maximum Gasteiger partial charge on any atom is 0.325 e. The van der Waals surface area contributed by atoms with E-state index >= 15 is 0 Å². The van der Waals surface area contributed by atoms with Gasteiger partial charge in [0.15, 0.2) is 0 Å². The molecule has 2 rings (SSSR count). The molecule has 0 heterocycles. The maximum absolute atomic E-state index is 12.7. The predicted octanol–water partition coefficient (Wildman–Crippen LogP) is 3.48. The third-order valence-corrected chi connectivity index (χ3v) is 3.74. The average molecular weight is 386 g/mol. The van der Waals surface area contributed by atoms with Crippen LogP contribution < -0.4 is 10.1 Å². The van der Waals surface area contributed by atoms with E-state index in [1.165, 1.54) is 42.5 Å². The van der Waals surface area contributed by atoms with Gasteiger partial charge in [-0.3, -0.25) is 9.59 Å². The predicted molar refractivity (Wildman–Crippen MR) is 91.6 cm³/mol. The molecule has 0 fully saturated rings. The van der Waals surface area contributed by atoms with Crippen LogP contribution in [0.2, 0.25) is 10.0 Å². The molecule has 8 heteroatoms. The number of carbonyl (C=O) groups excluding carboxylic acids is 2. The van der Waals surface area contributed by atoms with E-state index in [1.54, 1.807) is 0 Å². The summed E-state index contributed by atoms with van der Waals surface area (Å²) in [5.41, 5.74) is 0.279. The summed E-state index contributed by atoms with van der Waals surface area (Å²) in [6.07, 6.45) is 0. The molecule has 0 saturated heterocycles. The molecule has 2 aromatic rings. The van der Waals surface area contributed by atoms with Crippen LogP contribution in [-0.4, -0.2) is 31.6 Å². The van der Waals surface area contributed by atoms with E-state index < -0.39 is 11.9 Å². The lowest BCUT2D eigenvalue weighted by molar-refractivity contribution is -0.143. The average Bonchev–Trinajstić information content (AvgIpc) is 2.60. The number of rotatable bonds is 7. The van der Waals surface area contributed by atoms with Crippen molar-refractivity contribution in [3.8, 4) is 5.75 Å². The Morgan fingerprint density at radius 3 is 2.40 bits per heavy atom. The highest BCUT2D eigenvalue weighted by Gasteiger charge is 2.10. The van der Waals surface area contributed by atoms with Crippen LogP contribution >= 0.6 is 23.2 Å². The van der Waals surface area contributed by atoms with E-state index in [1.807, 2.05) is 0 Å². The third kappa shape index (κ3) is 6.25. The zero-order valence-electron chi connectivity index (χ0n) is 12.9. The maximum atomic E-state index is 12.7. The topological polar surface area (TPSA) is 64.6 Å². The molecule has 0 unspecified atom stereocenters. The van der Waals surface area contributed by atoms with Gasteiger partial charge in [0.1, 0.15) is 31.3 Å². The molecule has 0 aliphatic rings. The standard InChI is InChI=1S/C17H14Cl2FNO4/c18-14-6-1-11(9-15(14)19)17(23)21-10-16(22)25-8-7-24-13-4-2-12(20)3-5-13/h1-6,9H,7-8,10H2,(H,21,23). The van der Waals surface area contributed by atoms with E-state index in [0.717, 1.165) is 0 Å². The van der Waals surface area contributed by atoms with Crippen molar-refractivity contribution in [2.75, 3.05) is 19.8 Å². The molecule has 0 aromatic heterocycles. The lowest BCUT2D eigenvalue weighted by Crippen LogP contribution is -2.31. The van der Waals surface area contributed by atoms with Crippen LogP contribution in [0, 0.1) is 5.82 Å². The Morgan fingerprint density at radius 2 is 1.72 bits per heavy atom. The molecule has 0 saturated carbocycles. The van der Waals surface area contributed by atoms with Crippen molar-refractivity contribution in [3.63, 3.8) is 0 Å². The monoisotopic (exact) mass is 385 g/mol. The van der Waals surface area contributed by atoms with Gasteiger partial charge in [-0.2, -0.15) is 0 Å². The first-order valence-electron chi connectivity index (χ1n) is 7.23. The fraction of sp³-hybridized carbons (Fsp3) is 0.176. The zero-order valence-corrected chi connectivity index (χ0v) is 14.4. The van der Waals surface area contributed by atoms with Gasteiger partial charge >= 0.3 is 5.97 Å². The van der Waals surface area contributed by atoms with Gasteiger partial charge in [-0.25, -0.2) is 4.39 Å². The van der Waals surface area contributed by atoms with Gasteiger partial charge in [0.2, 0.25) is 0 Å². The minimum Gasteiger partial charge on any atom is -0.490 e. The fourth-order valence-corrected chi connectivity index (χ4v) is 2.09. The highest BCUT2D eigenvalue weighted by Crippen LogP contribution is 2.22. The third-order valence-electron chi connectivity index (χ3n) is 3.00. The number of amides is 1. The van der Waals surface area contributed by atoms with Crippen molar-refractivity contribution in [3.05, 3.63) is 63.9 Å². The molecule has 0 bridgehead atoms. The molecule has 0 aliphatic heterocycles. The molecule has 0 spiro atoms. The number of hydrogen-bond donors (Lipinski definition) is 1. The van der Waals surface area contributed by atoms with Crippen molar-refractivity contribution in [1.82, 2.24) is 5.32 Å². The molecule has 25 heavy (non-hydrogen) atoms. The molecule has 132 valence electrons. The second kappa shape index (κ2) is 9.25. The number of nitrogens with one attached hydrogen (secondary N) is 1. The number of ether oxygens (including phenoxy) is 2. The lowest BCUT2D eigenvalue weighted by atomic mass is 10.2. The minimum absolute atomic E-state index is 0.00114. The number of esters is 1. The molecular formula is C17H14Cl2FNO4. The smallest absolute Gasteiger partial charge is 0.325 e. The van der Waals surface area contributed by atoms with Gasteiger partial charge in [-0.1, -0.05) is 23.2 Å². The first-order chi connectivity index (χ1) is 12.0. The Bertz CT molecular complexity index is 753. The molecule has 0 aliphatic carbocycles. The van der Waals surface area contributed by atoms with E-state index in [4.69, 9.17) is 32.7 Å². The Labute approximate surface area is 153 Å². The highest BCUT2D eigenvalue weighted by atomic mass is 35.5. The zero-order chi connectivity index (χ0) is 18.2. The van der Waals surface area contributed by atoms with Crippen LogP contribution in [-0.2, 0) is 9.53 Å². The van der Waals surface area contributed by atoms with Gasteiger partial charge in [0, 0.05) is 5.56 Å². The van der Waals surface area contributed by atoms with Crippen LogP contribution in [0.3, 0.4) is 0 Å². The quantitative estimate of drug-likeness (QED) is 0.585. The summed E-state index contributed by atoms with van der Waals surface area (Å²) in [5.74, 6) is -0.990. The van der Waals surface area contributed by atoms with E-state index in [-0.39, 0.29) is 36.2 Å². The number of carbonyl (C=O) groups is 2. The highest BCUT2D eigenvalue weighted by molar-refractivity contribution is 6.42. The van der Waals surface area contributed by atoms with Gasteiger partial charge < -0.3 is 14.8 Å². The Balaban J connectivity index is 1.67. The van der Waals surface area contributed by atoms with E-state index in [2.05, 4.69) is 5.32 Å². The Morgan fingerprint density at radius 1 is 1.00 bits per heavy atom. The normalized spacial score (nSPS) is 10.2. The SMILES string of the molecule is O=C(CNC(=O)c1ccc(Cl)c(Cl)c1)OCCOc1ccc(F)cc1. The van der Waals surface area contributed by atoms with Crippen LogP contribution in [0.5, 0.6) is 5.75 Å². The summed E-state index contributed by atoms with van der Waals surface area (Å²) in [5, 5.41) is 2.99. The first-order valence-corrected chi connectivity index (χ1v) is 7.98. The van der Waals surface area contributed by atoms with Gasteiger partial charge in [0.25, 0.3) is 5.91 Å². The Kier molecular flexibility index (Phi) is 7.03. The van der Waals surface area contributed by atoms with E-state index in [0.29, 0.717) is 10.8 Å². The van der Waals surface area contributed by atoms with Crippen molar-refractivity contribution in [2.24, 2.45) is 0 Å². The second-order valence-corrected chi connectivity index (χ2v) is 5.65. The van der Waals surface area contributed by atoms with Crippen molar-refractivity contribution < 1.29 is 23.5 Å². The van der Waals surface area contributed by atoms with Gasteiger partial charge in [-0.05, 0) is 42.5 Å². The van der Waals surface area contributed by atoms with Gasteiger partial charge in [0.05, 0.1) is 10.0 Å². The van der Waals surface area contributed by atoms with Crippen LogP contribution in [0.25, 0.3) is 0 Å². The van der Waals surface area contributed by atoms with Crippen LogP contribution in [0.15, 0.2) is 42.5 Å². The molecule has 1 amide bonds. The molecule has 1 N–H and O–H groups in total. The molecule has 0 radical (unpaired) electrons. The van der Waals surface area contributed by atoms with Crippen LogP contribution in [0.4, 0.5) is 4.39 Å². The summed E-state index contributed by atoms with van der Waals surface area (Å²) in [6.45, 7) is -0.188. The number of halogens is 3. The minimum atomic E-state index is -0.615.